The third-order valence-electron chi connectivity index (χ3n) is 3.39. The Labute approximate surface area is 111 Å². The Morgan fingerprint density at radius 1 is 1.42 bits per heavy atom. The largest absolute Gasteiger partial charge is 0.396 e. The van der Waals surface area contributed by atoms with Crippen LogP contribution in [-0.2, 0) is 6.54 Å². The summed E-state index contributed by atoms with van der Waals surface area (Å²) in [6.07, 6.45) is 1.37. The minimum atomic E-state index is -2.85. The number of hydrogen-bond acceptors (Lipinski definition) is 5. The van der Waals surface area contributed by atoms with Gasteiger partial charge >= 0.3 is 0 Å². The molecule has 2 aromatic heterocycles. The Balaban J connectivity index is 1.95. The second-order valence-corrected chi connectivity index (χ2v) is 4.87. The van der Waals surface area contributed by atoms with Crippen molar-refractivity contribution in [1.29, 1.82) is 0 Å². The van der Waals surface area contributed by atoms with Crippen LogP contribution in [0.5, 0.6) is 0 Å². The number of aliphatic hydroxyl groups excluding tert-OH is 1. The predicted molar refractivity (Wildman–Crippen MR) is 63.8 cm³/mol. The van der Waals surface area contributed by atoms with Gasteiger partial charge in [0.15, 0.2) is 10.8 Å². The van der Waals surface area contributed by atoms with Crippen molar-refractivity contribution < 1.29 is 13.9 Å². The predicted octanol–water partition coefficient (Wildman–Crippen LogP) is 0.935. The maximum Gasteiger partial charge on any atom is 0.258 e. The number of hydrogen-bond donors (Lipinski definition) is 2. The van der Waals surface area contributed by atoms with E-state index in [0.29, 0.717) is 11.2 Å². The summed E-state index contributed by atoms with van der Waals surface area (Å²) < 4.78 is 28.1. The molecule has 3 N–H and O–H groups in total. The minimum Gasteiger partial charge on any atom is -0.396 e. The van der Waals surface area contributed by atoms with Gasteiger partial charge in [-0.3, -0.25) is 0 Å². The van der Waals surface area contributed by atoms with Crippen molar-refractivity contribution in [2.75, 3.05) is 12.3 Å². The molecular formula is C10H10ClF2N5O. The van der Waals surface area contributed by atoms with Crippen LogP contribution in [0.2, 0.25) is 5.15 Å². The van der Waals surface area contributed by atoms with Crippen molar-refractivity contribution in [3.8, 4) is 0 Å². The van der Waals surface area contributed by atoms with Gasteiger partial charge in [0.1, 0.15) is 5.52 Å². The molecule has 19 heavy (non-hydrogen) atoms. The molecule has 102 valence electrons. The van der Waals surface area contributed by atoms with Gasteiger partial charge in [0.05, 0.1) is 24.8 Å². The highest BCUT2D eigenvalue weighted by molar-refractivity contribution is 6.33. The molecule has 0 unspecified atom stereocenters. The number of alkyl halides is 2. The minimum absolute atomic E-state index is 0.00150. The lowest BCUT2D eigenvalue weighted by molar-refractivity contribution is 0.0704. The smallest absolute Gasteiger partial charge is 0.258 e. The summed E-state index contributed by atoms with van der Waals surface area (Å²) in [5.41, 5.74) is 6.11. The lowest BCUT2D eigenvalue weighted by Gasteiger charge is -2.03. The molecule has 1 aliphatic carbocycles. The summed E-state index contributed by atoms with van der Waals surface area (Å²) in [4.78, 5) is 11.7. The van der Waals surface area contributed by atoms with Gasteiger partial charge in [-0.25, -0.2) is 13.8 Å². The van der Waals surface area contributed by atoms with Gasteiger partial charge in [0, 0.05) is 6.54 Å². The van der Waals surface area contributed by atoms with Crippen molar-refractivity contribution in [3.05, 3.63) is 11.5 Å². The topological polar surface area (TPSA) is 89.8 Å². The lowest BCUT2D eigenvalue weighted by Crippen LogP contribution is -2.06. The summed E-state index contributed by atoms with van der Waals surface area (Å²) in [6.45, 7) is -0.538. The number of anilines is 1. The van der Waals surface area contributed by atoms with Crippen molar-refractivity contribution >= 4 is 28.7 Å². The van der Waals surface area contributed by atoms with E-state index >= 15 is 0 Å². The molecule has 2 atom stereocenters. The van der Waals surface area contributed by atoms with Crippen LogP contribution >= 0.6 is 11.6 Å². The molecule has 1 aliphatic rings. The Hall–Kier alpha value is -1.54. The number of nitrogens with zero attached hydrogens (tertiary/aromatic N) is 4. The monoisotopic (exact) mass is 289 g/mol. The van der Waals surface area contributed by atoms with Crippen LogP contribution in [0.25, 0.3) is 11.2 Å². The van der Waals surface area contributed by atoms with E-state index < -0.39 is 24.4 Å². The zero-order chi connectivity index (χ0) is 13.8. The van der Waals surface area contributed by atoms with Gasteiger partial charge in [0.2, 0.25) is 5.95 Å². The highest BCUT2D eigenvalue weighted by Gasteiger charge is 2.67. The molecular weight excluding hydrogens is 280 g/mol. The Bertz CT molecular complexity index is 646. The summed E-state index contributed by atoms with van der Waals surface area (Å²) >= 11 is 5.84. The van der Waals surface area contributed by atoms with E-state index in [0.717, 1.165) is 0 Å². The molecule has 2 aromatic rings. The fraction of sp³-hybridized carbons (Fsp3) is 0.500. The second kappa shape index (κ2) is 3.97. The Morgan fingerprint density at radius 2 is 2.16 bits per heavy atom. The molecule has 1 fully saturated rings. The fourth-order valence-electron chi connectivity index (χ4n) is 2.23. The zero-order valence-corrected chi connectivity index (χ0v) is 10.3. The molecule has 0 spiro atoms. The average Bonchev–Trinajstić information content (AvgIpc) is 2.67. The molecule has 2 heterocycles. The number of fused-ring (bicyclic) bond motifs is 1. The van der Waals surface area contributed by atoms with Gasteiger partial charge in [-0.15, -0.1) is 0 Å². The third-order valence-corrected chi connectivity index (χ3v) is 3.66. The number of halogens is 3. The first-order valence-corrected chi connectivity index (χ1v) is 5.95. The second-order valence-electron chi connectivity index (χ2n) is 4.51. The van der Waals surface area contributed by atoms with Crippen molar-refractivity contribution in [3.63, 3.8) is 0 Å². The molecule has 0 radical (unpaired) electrons. The first-order chi connectivity index (χ1) is 8.95. The first kappa shape index (κ1) is 12.5. The van der Waals surface area contributed by atoms with Gasteiger partial charge in [0.25, 0.3) is 5.92 Å². The quantitative estimate of drug-likeness (QED) is 0.821. The van der Waals surface area contributed by atoms with Crippen LogP contribution in [-0.4, -0.2) is 37.2 Å². The van der Waals surface area contributed by atoms with Crippen LogP contribution in [0.1, 0.15) is 0 Å². The van der Waals surface area contributed by atoms with Crippen molar-refractivity contribution in [1.82, 2.24) is 19.5 Å². The lowest BCUT2D eigenvalue weighted by atomic mass is 10.3. The average molecular weight is 290 g/mol. The van der Waals surface area contributed by atoms with Gasteiger partial charge in [-0.05, 0) is 0 Å². The zero-order valence-electron chi connectivity index (χ0n) is 9.59. The van der Waals surface area contributed by atoms with Gasteiger partial charge < -0.3 is 15.4 Å². The van der Waals surface area contributed by atoms with E-state index in [9.17, 15) is 8.78 Å². The maximum absolute atomic E-state index is 13.3. The summed E-state index contributed by atoms with van der Waals surface area (Å²) in [5, 5.41) is 8.96. The van der Waals surface area contributed by atoms with Crippen LogP contribution in [0.3, 0.4) is 0 Å². The first-order valence-electron chi connectivity index (χ1n) is 5.57. The summed E-state index contributed by atoms with van der Waals surface area (Å²) in [7, 11) is 0. The van der Waals surface area contributed by atoms with E-state index in [1.54, 1.807) is 0 Å². The molecule has 1 saturated carbocycles. The Morgan fingerprint density at radius 3 is 2.79 bits per heavy atom. The highest BCUT2D eigenvalue weighted by atomic mass is 35.5. The normalized spacial score (nSPS) is 24.8. The molecule has 0 bridgehead atoms. The van der Waals surface area contributed by atoms with Crippen LogP contribution in [0.4, 0.5) is 14.7 Å². The molecule has 0 aliphatic heterocycles. The summed E-state index contributed by atoms with van der Waals surface area (Å²) in [6, 6.07) is 0. The van der Waals surface area contributed by atoms with E-state index in [-0.39, 0.29) is 17.6 Å². The van der Waals surface area contributed by atoms with E-state index in [4.69, 9.17) is 22.4 Å². The highest BCUT2D eigenvalue weighted by Crippen LogP contribution is 2.55. The molecule has 3 rings (SSSR count). The third kappa shape index (κ3) is 1.82. The molecule has 0 saturated heterocycles. The molecule has 0 aromatic carbocycles. The fourth-order valence-corrected chi connectivity index (χ4v) is 2.45. The van der Waals surface area contributed by atoms with Gasteiger partial charge in [-0.1, -0.05) is 11.6 Å². The molecule has 0 amide bonds. The van der Waals surface area contributed by atoms with E-state index in [2.05, 4.69) is 15.0 Å². The van der Waals surface area contributed by atoms with E-state index in [1.807, 2.05) is 0 Å². The Kier molecular flexibility index (Phi) is 2.61. The number of nitrogen functional groups attached to an aromatic ring is 1. The van der Waals surface area contributed by atoms with Crippen molar-refractivity contribution in [2.45, 2.75) is 12.5 Å². The number of rotatable bonds is 3. The van der Waals surface area contributed by atoms with Gasteiger partial charge in [-0.2, -0.15) is 9.97 Å². The van der Waals surface area contributed by atoms with Crippen LogP contribution in [0, 0.1) is 11.8 Å². The number of aliphatic hydroxyl groups is 1. The maximum atomic E-state index is 13.3. The summed E-state index contributed by atoms with van der Waals surface area (Å²) in [5.74, 6) is -4.83. The molecule has 9 heteroatoms. The number of nitrogens with two attached hydrogens (primary N) is 1. The SMILES string of the molecule is Nc1nc(Cl)c2ncn(C[C@@H]3[C@H](CO)C3(F)F)c2n1. The number of imidazole rings is 1. The molecule has 6 nitrogen and oxygen atoms in total. The van der Waals surface area contributed by atoms with Crippen molar-refractivity contribution in [2.24, 2.45) is 11.8 Å². The van der Waals surface area contributed by atoms with Crippen LogP contribution in [0.15, 0.2) is 6.33 Å². The standard InChI is InChI=1S/C10H10ClF2N5O/c11-7-6-8(17-9(14)16-7)18(3-15-6)1-4-5(2-19)10(4,12)13/h3-5,19H,1-2H2,(H2,14,16,17)/t4-,5+/m1/s1. The van der Waals surface area contributed by atoms with Crippen LogP contribution < -0.4 is 5.73 Å². The van der Waals surface area contributed by atoms with E-state index in [1.165, 1.54) is 10.9 Å². The number of aromatic nitrogens is 4.